The standard InChI is InChI=1S/C16H15N9OS/c1-23-13-11(7-19-25(16(13)26)8-10-6-18-24(2)22-10)14-15(23)20-12(27-14)5-9-3-4-17-21-9/h3-4,6-7H,5,8H2,1-2H3,(H,17,21). The van der Waals surface area contributed by atoms with Crippen LogP contribution in [-0.4, -0.2) is 44.5 Å². The molecule has 5 aromatic rings. The Morgan fingerprint density at radius 1 is 1.19 bits per heavy atom. The Balaban J connectivity index is 1.60. The summed E-state index contributed by atoms with van der Waals surface area (Å²) in [4.78, 5) is 19.1. The van der Waals surface area contributed by atoms with E-state index in [1.165, 1.54) is 9.48 Å². The van der Waals surface area contributed by atoms with Gasteiger partial charge in [-0.15, -0.1) is 11.3 Å². The van der Waals surface area contributed by atoms with Crippen LogP contribution in [-0.2, 0) is 27.1 Å². The zero-order valence-corrected chi connectivity index (χ0v) is 15.4. The van der Waals surface area contributed by atoms with Gasteiger partial charge >= 0.3 is 0 Å². The number of H-pyrrole nitrogens is 1. The third-order valence-electron chi connectivity index (χ3n) is 4.42. The van der Waals surface area contributed by atoms with Crippen molar-refractivity contribution in [3.63, 3.8) is 0 Å². The number of fused-ring (bicyclic) bond motifs is 3. The lowest BCUT2D eigenvalue weighted by atomic mass is 10.3. The zero-order valence-electron chi connectivity index (χ0n) is 14.6. The quantitative estimate of drug-likeness (QED) is 0.494. The molecule has 0 aliphatic carbocycles. The average molecular weight is 381 g/mol. The predicted molar refractivity (Wildman–Crippen MR) is 99.7 cm³/mol. The number of hydrogen-bond donors (Lipinski definition) is 1. The summed E-state index contributed by atoms with van der Waals surface area (Å²) < 4.78 is 4.21. The second-order valence-electron chi connectivity index (χ2n) is 6.26. The third-order valence-corrected chi connectivity index (χ3v) is 5.50. The van der Waals surface area contributed by atoms with Crippen molar-refractivity contribution in [1.29, 1.82) is 0 Å². The lowest BCUT2D eigenvalue weighted by molar-refractivity contribution is 0.603. The van der Waals surface area contributed by atoms with Gasteiger partial charge in [0.1, 0.15) is 16.2 Å². The van der Waals surface area contributed by atoms with Gasteiger partial charge in [-0.2, -0.15) is 25.2 Å². The van der Waals surface area contributed by atoms with Crippen LogP contribution in [0.1, 0.15) is 16.4 Å². The van der Waals surface area contributed by atoms with E-state index in [-0.39, 0.29) is 12.1 Å². The molecule has 0 saturated heterocycles. The molecule has 10 nitrogen and oxygen atoms in total. The Kier molecular flexibility index (Phi) is 3.44. The molecule has 11 heteroatoms. The first-order valence-electron chi connectivity index (χ1n) is 8.28. The maximum Gasteiger partial charge on any atom is 0.291 e. The van der Waals surface area contributed by atoms with Gasteiger partial charge in [-0.25, -0.2) is 9.67 Å². The van der Waals surface area contributed by atoms with Crippen molar-refractivity contribution in [3.8, 4) is 0 Å². The molecule has 0 aliphatic heterocycles. The minimum atomic E-state index is -0.167. The highest BCUT2D eigenvalue weighted by molar-refractivity contribution is 7.19. The van der Waals surface area contributed by atoms with Crippen molar-refractivity contribution in [2.45, 2.75) is 13.0 Å². The summed E-state index contributed by atoms with van der Waals surface area (Å²) in [5.41, 5.74) is 2.83. The van der Waals surface area contributed by atoms with E-state index in [4.69, 9.17) is 4.98 Å². The summed E-state index contributed by atoms with van der Waals surface area (Å²) >= 11 is 1.57. The largest absolute Gasteiger partial charge is 0.323 e. The fraction of sp³-hybridized carbons (Fsp3) is 0.250. The third kappa shape index (κ3) is 2.54. The van der Waals surface area contributed by atoms with Gasteiger partial charge in [0.05, 0.1) is 29.3 Å². The molecule has 5 rings (SSSR count). The van der Waals surface area contributed by atoms with E-state index < -0.39 is 0 Å². The highest BCUT2D eigenvalue weighted by atomic mass is 32.1. The van der Waals surface area contributed by atoms with Crippen molar-refractivity contribution >= 4 is 32.6 Å². The number of aryl methyl sites for hydroxylation is 2. The SMILES string of the molecule is Cn1ncc(Cn2ncc3c4sc(Cc5cc[nH]n5)nc4n(C)c3c2=O)n1. The molecule has 0 radical (unpaired) electrons. The Morgan fingerprint density at radius 2 is 2.07 bits per heavy atom. The van der Waals surface area contributed by atoms with Crippen LogP contribution in [0.4, 0.5) is 0 Å². The lowest BCUT2D eigenvalue weighted by Gasteiger charge is -2.03. The molecule has 5 aromatic heterocycles. The van der Waals surface area contributed by atoms with Crippen LogP contribution in [0.25, 0.3) is 21.3 Å². The van der Waals surface area contributed by atoms with Crippen molar-refractivity contribution in [1.82, 2.24) is 44.5 Å². The van der Waals surface area contributed by atoms with Gasteiger partial charge < -0.3 is 4.57 Å². The van der Waals surface area contributed by atoms with Crippen LogP contribution in [0.3, 0.4) is 0 Å². The number of thiazole rings is 1. The van der Waals surface area contributed by atoms with Crippen molar-refractivity contribution in [2.75, 3.05) is 0 Å². The van der Waals surface area contributed by atoms with Gasteiger partial charge in [0.25, 0.3) is 5.56 Å². The first-order valence-corrected chi connectivity index (χ1v) is 9.09. The number of rotatable bonds is 4. The van der Waals surface area contributed by atoms with Crippen LogP contribution in [0, 0.1) is 0 Å². The summed E-state index contributed by atoms with van der Waals surface area (Å²) in [5.74, 6) is 0. The van der Waals surface area contributed by atoms with E-state index in [1.807, 2.05) is 17.7 Å². The maximum atomic E-state index is 13.0. The molecule has 5 heterocycles. The van der Waals surface area contributed by atoms with Crippen molar-refractivity contribution in [3.05, 3.63) is 51.4 Å². The van der Waals surface area contributed by atoms with Gasteiger partial charge in [0, 0.05) is 32.1 Å². The monoisotopic (exact) mass is 381 g/mol. The smallest absolute Gasteiger partial charge is 0.291 e. The summed E-state index contributed by atoms with van der Waals surface area (Å²) in [7, 11) is 3.59. The van der Waals surface area contributed by atoms with Gasteiger partial charge in [-0.05, 0) is 6.07 Å². The molecule has 0 aliphatic rings. The molecular formula is C16H15N9OS. The number of nitrogens with zero attached hydrogens (tertiary/aromatic N) is 8. The Labute approximate surface area is 156 Å². The van der Waals surface area contributed by atoms with Crippen LogP contribution in [0.5, 0.6) is 0 Å². The summed E-state index contributed by atoms with van der Waals surface area (Å²) in [5, 5.41) is 21.3. The molecule has 0 bridgehead atoms. The highest BCUT2D eigenvalue weighted by Crippen LogP contribution is 2.31. The molecule has 0 fully saturated rings. The van der Waals surface area contributed by atoms with Crippen LogP contribution >= 0.6 is 11.3 Å². The Hall–Kier alpha value is -3.34. The second kappa shape index (κ2) is 5.84. The van der Waals surface area contributed by atoms with E-state index in [1.54, 1.807) is 37.0 Å². The molecule has 0 unspecified atom stereocenters. The molecule has 1 N–H and O–H groups in total. The molecular weight excluding hydrogens is 366 g/mol. The molecule has 0 atom stereocenters. The van der Waals surface area contributed by atoms with Gasteiger partial charge in [0.15, 0.2) is 5.65 Å². The van der Waals surface area contributed by atoms with Gasteiger partial charge in [-0.3, -0.25) is 9.89 Å². The Bertz CT molecular complexity index is 1320. The molecule has 0 saturated carbocycles. The van der Waals surface area contributed by atoms with E-state index in [0.29, 0.717) is 17.6 Å². The summed E-state index contributed by atoms with van der Waals surface area (Å²) in [6.45, 7) is 0.277. The van der Waals surface area contributed by atoms with Crippen LogP contribution in [0.2, 0.25) is 0 Å². The first kappa shape index (κ1) is 15.9. The number of nitrogens with one attached hydrogen (secondary N) is 1. The topological polar surface area (TPSA) is 112 Å². The maximum absolute atomic E-state index is 13.0. The molecule has 0 amide bonds. The van der Waals surface area contributed by atoms with Gasteiger partial charge in [0.2, 0.25) is 0 Å². The lowest BCUT2D eigenvalue weighted by Crippen LogP contribution is -2.24. The number of aromatic nitrogens is 9. The average Bonchev–Trinajstić information content (AvgIpc) is 3.40. The Morgan fingerprint density at radius 3 is 2.81 bits per heavy atom. The normalized spacial score (nSPS) is 11.8. The fourth-order valence-corrected chi connectivity index (χ4v) is 4.30. The van der Waals surface area contributed by atoms with Gasteiger partial charge in [-0.1, -0.05) is 0 Å². The van der Waals surface area contributed by atoms with Crippen LogP contribution in [0.15, 0.2) is 29.5 Å². The minimum Gasteiger partial charge on any atom is -0.323 e. The van der Waals surface area contributed by atoms with Crippen molar-refractivity contribution in [2.24, 2.45) is 14.1 Å². The molecule has 0 aromatic carbocycles. The number of hydrogen-bond acceptors (Lipinski definition) is 7. The first-order chi connectivity index (χ1) is 13.1. The highest BCUT2D eigenvalue weighted by Gasteiger charge is 2.19. The summed E-state index contributed by atoms with van der Waals surface area (Å²) in [6, 6.07) is 1.93. The van der Waals surface area contributed by atoms with Crippen LogP contribution < -0.4 is 5.56 Å². The molecule has 136 valence electrons. The van der Waals surface area contributed by atoms with Crippen molar-refractivity contribution < 1.29 is 0 Å². The van der Waals surface area contributed by atoms with E-state index in [2.05, 4.69) is 25.5 Å². The van der Waals surface area contributed by atoms with E-state index in [0.717, 1.165) is 26.4 Å². The molecule has 27 heavy (non-hydrogen) atoms. The predicted octanol–water partition coefficient (Wildman–Crippen LogP) is 0.835. The zero-order chi connectivity index (χ0) is 18.5. The number of aromatic amines is 1. The molecule has 0 spiro atoms. The summed E-state index contributed by atoms with van der Waals surface area (Å²) in [6.07, 6.45) is 5.81. The minimum absolute atomic E-state index is 0.167. The second-order valence-corrected chi connectivity index (χ2v) is 7.34. The van der Waals surface area contributed by atoms with E-state index in [9.17, 15) is 4.79 Å². The van der Waals surface area contributed by atoms with E-state index >= 15 is 0 Å². The fourth-order valence-electron chi connectivity index (χ4n) is 3.18.